The Kier molecular flexibility index (Phi) is 3.90. The molecule has 98 valence electrons. The Morgan fingerprint density at radius 3 is 2.78 bits per heavy atom. The van der Waals surface area contributed by atoms with Crippen LogP contribution in [-0.4, -0.2) is 18.0 Å². The number of anilines is 1. The normalized spacial score (nSPS) is 19.2. The van der Waals surface area contributed by atoms with E-state index in [4.69, 9.17) is 0 Å². The van der Waals surface area contributed by atoms with Crippen LogP contribution in [0.1, 0.15) is 32.8 Å². The van der Waals surface area contributed by atoms with Crippen LogP contribution in [0, 0.1) is 5.92 Å². The van der Waals surface area contributed by atoms with Crippen molar-refractivity contribution in [1.29, 1.82) is 0 Å². The van der Waals surface area contributed by atoms with Crippen LogP contribution in [0.25, 0.3) is 0 Å². The molecule has 2 atom stereocenters. The van der Waals surface area contributed by atoms with Crippen molar-refractivity contribution < 1.29 is 4.79 Å². The lowest BCUT2D eigenvalue weighted by atomic mass is 10.0. The number of hydrogen-bond acceptors (Lipinski definition) is 2. The fraction of sp³-hybridized carbons (Fsp3) is 0.533. The maximum atomic E-state index is 12.1. The monoisotopic (exact) mass is 246 g/mol. The molecule has 0 radical (unpaired) electrons. The molecule has 0 spiro atoms. The predicted octanol–water partition coefficient (Wildman–Crippen LogP) is 2.57. The Labute approximate surface area is 109 Å². The zero-order chi connectivity index (χ0) is 13.1. The predicted molar refractivity (Wildman–Crippen MR) is 74.6 cm³/mol. The van der Waals surface area contributed by atoms with E-state index in [1.54, 1.807) is 0 Å². The molecule has 0 saturated carbocycles. The van der Waals surface area contributed by atoms with Gasteiger partial charge < -0.3 is 10.6 Å². The molecule has 18 heavy (non-hydrogen) atoms. The summed E-state index contributed by atoms with van der Waals surface area (Å²) in [5.41, 5.74) is 2.32. The minimum absolute atomic E-state index is 0.111. The van der Waals surface area contributed by atoms with E-state index in [9.17, 15) is 4.79 Å². The SMILES string of the molecule is CC(C)CC(C)NC(=O)[C@@H]1Cc2ccccc2N1. The van der Waals surface area contributed by atoms with Crippen molar-refractivity contribution in [2.45, 2.75) is 45.7 Å². The molecule has 0 fully saturated rings. The lowest BCUT2D eigenvalue weighted by Crippen LogP contribution is -2.43. The number of hydrogen-bond donors (Lipinski definition) is 2. The van der Waals surface area contributed by atoms with Gasteiger partial charge in [0, 0.05) is 18.2 Å². The first-order valence-corrected chi connectivity index (χ1v) is 6.71. The topological polar surface area (TPSA) is 41.1 Å². The molecule has 0 saturated heterocycles. The molecule has 1 aliphatic heterocycles. The van der Waals surface area contributed by atoms with E-state index in [1.165, 1.54) is 5.56 Å². The van der Waals surface area contributed by atoms with Gasteiger partial charge in [0.1, 0.15) is 6.04 Å². The van der Waals surface area contributed by atoms with Crippen LogP contribution in [0.5, 0.6) is 0 Å². The summed E-state index contributed by atoms with van der Waals surface area (Å²) in [4.78, 5) is 12.1. The molecule has 2 N–H and O–H groups in total. The van der Waals surface area contributed by atoms with Gasteiger partial charge in [0.2, 0.25) is 5.91 Å². The summed E-state index contributed by atoms with van der Waals surface area (Å²) in [6, 6.07) is 8.24. The van der Waals surface area contributed by atoms with Crippen molar-refractivity contribution in [3.63, 3.8) is 0 Å². The summed E-state index contributed by atoms with van der Waals surface area (Å²) in [6.45, 7) is 6.42. The van der Waals surface area contributed by atoms with E-state index in [1.807, 2.05) is 18.2 Å². The Hall–Kier alpha value is -1.51. The highest BCUT2D eigenvalue weighted by Gasteiger charge is 2.26. The van der Waals surface area contributed by atoms with Crippen LogP contribution < -0.4 is 10.6 Å². The van der Waals surface area contributed by atoms with Crippen LogP contribution in [0.3, 0.4) is 0 Å². The first-order chi connectivity index (χ1) is 8.56. The quantitative estimate of drug-likeness (QED) is 0.857. The van der Waals surface area contributed by atoms with E-state index >= 15 is 0 Å². The fourth-order valence-electron chi connectivity index (χ4n) is 2.57. The molecule has 1 heterocycles. The van der Waals surface area contributed by atoms with Gasteiger partial charge in [-0.25, -0.2) is 0 Å². The fourth-order valence-corrected chi connectivity index (χ4v) is 2.57. The highest BCUT2D eigenvalue weighted by atomic mass is 16.2. The maximum Gasteiger partial charge on any atom is 0.243 e. The molecule has 1 unspecified atom stereocenters. The van der Waals surface area contributed by atoms with E-state index < -0.39 is 0 Å². The number of carbonyl (C=O) groups excluding carboxylic acids is 1. The average molecular weight is 246 g/mol. The minimum Gasteiger partial charge on any atom is -0.373 e. The van der Waals surface area contributed by atoms with Crippen LogP contribution in [-0.2, 0) is 11.2 Å². The van der Waals surface area contributed by atoms with Gasteiger partial charge in [-0.15, -0.1) is 0 Å². The lowest BCUT2D eigenvalue weighted by molar-refractivity contribution is -0.122. The third-order valence-electron chi connectivity index (χ3n) is 3.30. The molecule has 0 aliphatic carbocycles. The third kappa shape index (κ3) is 3.03. The third-order valence-corrected chi connectivity index (χ3v) is 3.30. The van der Waals surface area contributed by atoms with Crippen molar-refractivity contribution in [2.75, 3.05) is 5.32 Å². The summed E-state index contributed by atoms with van der Waals surface area (Å²) in [6.07, 6.45) is 1.81. The van der Waals surface area contributed by atoms with E-state index in [-0.39, 0.29) is 18.0 Å². The number of para-hydroxylation sites is 1. The van der Waals surface area contributed by atoms with Crippen LogP contribution in [0.15, 0.2) is 24.3 Å². The van der Waals surface area contributed by atoms with Gasteiger partial charge in [-0.1, -0.05) is 32.0 Å². The summed E-state index contributed by atoms with van der Waals surface area (Å²) in [5, 5.41) is 6.37. The number of carbonyl (C=O) groups is 1. The molecule has 1 aromatic rings. The zero-order valence-corrected chi connectivity index (χ0v) is 11.4. The van der Waals surface area contributed by atoms with Crippen molar-refractivity contribution >= 4 is 11.6 Å². The smallest absolute Gasteiger partial charge is 0.243 e. The van der Waals surface area contributed by atoms with E-state index in [0.29, 0.717) is 5.92 Å². The van der Waals surface area contributed by atoms with Crippen molar-refractivity contribution in [1.82, 2.24) is 5.32 Å². The highest BCUT2D eigenvalue weighted by molar-refractivity contribution is 5.87. The Morgan fingerprint density at radius 2 is 2.11 bits per heavy atom. The number of amides is 1. The summed E-state index contributed by atoms with van der Waals surface area (Å²) in [7, 11) is 0. The number of rotatable bonds is 4. The highest BCUT2D eigenvalue weighted by Crippen LogP contribution is 2.25. The lowest BCUT2D eigenvalue weighted by Gasteiger charge is -2.19. The van der Waals surface area contributed by atoms with Crippen molar-refractivity contribution in [3.8, 4) is 0 Å². The second kappa shape index (κ2) is 5.42. The maximum absolute atomic E-state index is 12.1. The largest absolute Gasteiger partial charge is 0.373 e. The summed E-state index contributed by atoms with van der Waals surface area (Å²) in [5.74, 6) is 0.716. The molecule has 3 nitrogen and oxygen atoms in total. The Bertz CT molecular complexity index is 403. The van der Waals surface area contributed by atoms with Gasteiger partial charge in [0.15, 0.2) is 0 Å². The molecule has 3 heteroatoms. The second-order valence-electron chi connectivity index (χ2n) is 5.60. The van der Waals surface area contributed by atoms with Gasteiger partial charge in [-0.3, -0.25) is 4.79 Å². The van der Waals surface area contributed by atoms with Crippen LogP contribution in [0.4, 0.5) is 5.69 Å². The number of benzene rings is 1. The molecule has 0 bridgehead atoms. The minimum atomic E-state index is -0.114. The van der Waals surface area contributed by atoms with Crippen LogP contribution >= 0.6 is 0 Å². The summed E-state index contributed by atoms with van der Waals surface area (Å²) < 4.78 is 0. The van der Waals surface area contributed by atoms with Gasteiger partial charge in [-0.2, -0.15) is 0 Å². The standard InChI is InChI=1S/C15H22N2O/c1-10(2)8-11(3)16-15(18)14-9-12-6-4-5-7-13(12)17-14/h4-7,10-11,14,17H,8-9H2,1-3H3,(H,16,18)/t11?,14-/m0/s1. The van der Waals surface area contributed by atoms with E-state index in [2.05, 4.69) is 37.5 Å². The molecular weight excluding hydrogens is 224 g/mol. The first kappa shape index (κ1) is 12.9. The van der Waals surface area contributed by atoms with Crippen molar-refractivity contribution in [3.05, 3.63) is 29.8 Å². The Balaban J connectivity index is 1.89. The molecular formula is C15H22N2O. The number of nitrogens with one attached hydrogen (secondary N) is 2. The number of fused-ring (bicyclic) bond motifs is 1. The molecule has 1 aliphatic rings. The zero-order valence-electron chi connectivity index (χ0n) is 11.4. The van der Waals surface area contributed by atoms with Gasteiger partial charge in [-0.05, 0) is 30.9 Å². The van der Waals surface area contributed by atoms with E-state index in [0.717, 1.165) is 18.5 Å². The van der Waals surface area contributed by atoms with Crippen LogP contribution in [0.2, 0.25) is 0 Å². The second-order valence-corrected chi connectivity index (χ2v) is 5.60. The van der Waals surface area contributed by atoms with Gasteiger partial charge in [0.05, 0.1) is 0 Å². The molecule has 2 rings (SSSR count). The average Bonchev–Trinajstić information content (AvgIpc) is 2.71. The van der Waals surface area contributed by atoms with Crippen molar-refractivity contribution in [2.24, 2.45) is 5.92 Å². The molecule has 1 amide bonds. The first-order valence-electron chi connectivity index (χ1n) is 6.71. The van der Waals surface area contributed by atoms with Gasteiger partial charge in [0.25, 0.3) is 0 Å². The summed E-state index contributed by atoms with van der Waals surface area (Å²) >= 11 is 0. The van der Waals surface area contributed by atoms with Gasteiger partial charge >= 0.3 is 0 Å². The Morgan fingerprint density at radius 1 is 1.39 bits per heavy atom. The molecule has 1 aromatic carbocycles. The molecule has 0 aromatic heterocycles.